The van der Waals surface area contributed by atoms with Gasteiger partial charge in [0.1, 0.15) is 5.82 Å². The van der Waals surface area contributed by atoms with Crippen molar-refractivity contribution in [1.29, 1.82) is 0 Å². The summed E-state index contributed by atoms with van der Waals surface area (Å²) < 4.78 is 6.82. The largest absolute Gasteiger partial charge is 0.451 e. The van der Waals surface area contributed by atoms with Gasteiger partial charge in [0, 0.05) is 11.9 Å². The fourth-order valence-electron chi connectivity index (χ4n) is 2.28. The van der Waals surface area contributed by atoms with Crippen LogP contribution in [0.25, 0.3) is 5.69 Å². The van der Waals surface area contributed by atoms with Gasteiger partial charge in [-0.3, -0.25) is 9.36 Å². The second-order valence-corrected chi connectivity index (χ2v) is 6.50. The number of imidazole rings is 1. The lowest BCUT2D eigenvalue weighted by molar-refractivity contribution is -0.119. The van der Waals surface area contributed by atoms with E-state index in [0.717, 1.165) is 5.69 Å². The first kappa shape index (κ1) is 18.9. The van der Waals surface area contributed by atoms with Crippen LogP contribution < -0.4 is 5.32 Å². The first-order chi connectivity index (χ1) is 13.1. The standard InChI is InChI=1S/C18H15ClN4O3S/c1-27-18-21-10-14(23(18)13-5-3-2-4-6-13)17(25)26-11-16(24)22-15-8-7-12(19)9-20-15/h2-10H,11H2,1H3,(H,20,22,24). The maximum Gasteiger partial charge on any atom is 0.357 e. The van der Waals surface area contributed by atoms with Gasteiger partial charge in [0.05, 0.1) is 11.2 Å². The van der Waals surface area contributed by atoms with E-state index in [4.69, 9.17) is 16.3 Å². The summed E-state index contributed by atoms with van der Waals surface area (Å²) in [6, 6.07) is 12.5. The number of nitrogens with zero attached hydrogens (tertiary/aromatic N) is 3. The van der Waals surface area contributed by atoms with Gasteiger partial charge in [0.15, 0.2) is 17.5 Å². The minimum Gasteiger partial charge on any atom is -0.451 e. The van der Waals surface area contributed by atoms with Crippen LogP contribution >= 0.6 is 23.4 Å². The lowest BCUT2D eigenvalue weighted by Crippen LogP contribution is -2.22. The Hall–Kier alpha value is -2.84. The molecule has 0 atom stereocenters. The third-order valence-electron chi connectivity index (χ3n) is 3.46. The number of rotatable bonds is 6. The highest BCUT2D eigenvalue weighted by molar-refractivity contribution is 7.98. The zero-order valence-corrected chi connectivity index (χ0v) is 15.8. The number of hydrogen-bond donors (Lipinski definition) is 1. The molecule has 0 bridgehead atoms. The van der Waals surface area contributed by atoms with Crippen molar-refractivity contribution < 1.29 is 14.3 Å². The van der Waals surface area contributed by atoms with E-state index in [-0.39, 0.29) is 5.69 Å². The molecule has 1 amide bonds. The zero-order valence-electron chi connectivity index (χ0n) is 14.3. The van der Waals surface area contributed by atoms with Crippen LogP contribution in [0, 0.1) is 0 Å². The predicted molar refractivity (Wildman–Crippen MR) is 104 cm³/mol. The van der Waals surface area contributed by atoms with Gasteiger partial charge in [-0.25, -0.2) is 14.8 Å². The molecule has 1 N–H and O–H groups in total. The average molecular weight is 403 g/mol. The normalized spacial score (nSPS) is 10.4. The molecule has 138 valence electrons. The summed E-state index contributed by atoms with van der Waals surface area (Å²) in [6.07, 6.45) is 4.70. The van der Waals surface area contributed by atoms with E-state index in [1.165, 1.54) is 24.2 Å². The molecule has 0 saturated heterocycles. The van der Waals surface area contributed by atoms with Gasteiger partial charge >= 0.3 is 5.97 Å². The number of nitrogens with one attached hydrogen (secondary N) is 1. The van der Waals surface area contributed by atoms with Crippen molar-refractivity contribution in [2.24, 2.45) is 0 Å². The first-order valence-electron chi connectivity index (χ1n) is 7.84. The summed E-state index contributed by atoms with van der Waals surface area (Å²) in [4.78, 5) is 32.6. The lowest BCUT2D eigenvalue weighted by atomic mass is 10.3. The van der Waals surface area contributed by atoms with Gasteiger partial charge in [0.25, 0.3) is 5.91 Å². The van der Waals surface area contributed by atoms with Gasteiger partial charge in [-0.1, -0.05) is 41.6 Å². The highest BCUT2D eigenvalue weighted by atomic mass is 35.5. The Kier molecular flexibility index (Phi) is 6.10. The molecule has 0 aliphatic carbocycles. The molecule has 0 unspecified atom stereocenters. The summed E-state index contributed by atoms with van der Waals surface area (Å²) in [5, 5.41) is 3.62. The number of anilines is 1. The zero-order chi connectivity index (χ0) is 19.2. The molecule has 0 spiro atoms. The number of esters is 1. The fraction of sp³-hybridized carbons (Fsp3) is 0.111. The van der Waals surface area contributed by atoms with Crippen LogP contribution in [0.4, 0.5) is 5.82 Å². The molecule has 3 rings (SSSR count). The quantitative estimate of drug-likeness (QED) is 0.502. The third kappa shape index (κ3) is 4.66. The third-order valence-corrected chi connectivity index (χ3v) is 4.34. The van der Waals surface area contributed by atoms with Crippen LogP contribution in [0.5, 0.6) is 0 Å². The molecular formula is C18H15ClN4O3S. The summed E-state index contributed by atoms with van der Waals surface area (Å²) in [5.74, 6) is -0.834. The van der Waals surface area contributed by atoms with E-state index in [2.05, 4.69) is 15.3 Å². The number of pyridine rings is 1. The van der Waals surface area contributed by atoms with Gasteiger partial charge in [-0.2, -0.15) is 0 Å². The number of carbonyl (C=O) groups excluding carboxylic acids is 2. The SMILES string of the molecule is CSc1ncc(C(=O)OCC(=O)Nc2ccc(Cl)cn2)n1-c1ccccc1. The molecule has 7 nitrogen and oxygen atoms in total. The van der Waals surface area contributed by atoms with E-state index < -0.39 is 18.5 Å². The average Bonchev–Trinajstić information content (AvgIpc) is 3.13. The topological polar surface area (TPSA) is 86.1 Å². The minimum absolute atomic E-state index is 0.239. The van der Waals surface area contributed by atoms with Crippen LogP contribution in [0.1, 0.15) is 10.5 Å². The minimum atomic E-state index is -0.647. The number of amides is 1. The van der Waals surface area contributed by atoms with Gasteiger partial charge in [0.2, 0.25) is 0 Å². The fourth-order valence-corrected chi connectivity index (χ4v) is 2.94. The van der Waals surface area contributed by atoms with Crippen molar-refractivity contribution in [1.82, 2.24) is 14.5 Å². The Morgan fingerprint density at radius 2 is 1.93 bits per heavy atom. The monoisotopic (exact) mass is 402 g/mol. The van der Waals surface area contributed by atoms with E-state index in [1.807, 2.05) is 36.6 Å². The van der Waals surface area contributed by atoms with Crippen LogP contribution in [0.2, 0.25) is 5.02 Å². The van der Waals surface area contributed by atoms with Gasteiger partial charge < -0.3 is 10.1 Å². The first-order valence-corrected chi connectivity index (χ1v) is 9.44. The molecule has 0 aliphatic rings. The molecule has 2 aromatic heterocycles. The number of hydrogen-bond acceptors (Lipinski definition) is 6. The van der Waals surface area contributed by atoms with E-state index in [9.17, 15) is 9.59 Å². The number of ether oxygens (including phenoxy) is 1. The Morgan fingerprint density at radius 3 is 2.59 bits per heavy atom. The molecule has 3 aromatic rings. The molecule has 1 aromatic carbocycles. The summed E-state index contributed by atoms with van der Waals surface area (Å²) in [5.41, 5.74) is 1.02. The van der Waals surface area contributed by atoms with Gasteiger partial charge in [-0.15, -0.1) is 0 Å². The predicted octanol–water partition coefficient (Wildman–Crippen LogP) is 3.44. The molecule has 0 saturated carbocycles. The van der Waals surface area contributed by atoms with Crippen molar-refractivity contribution in [3.63, 3.8) is 0 Å². The van der Waals surface area contributed by atoms with Crippen molar-refractivity contribution in [3.8, 4) is 5.69 Å². The number of halogens is 1. The van der Waals surface area contributed by atoms with Gasteiger partial charge in [-0.05, 0) is 30.5 Å². The number of para-hydroxylation sites is 1. The number of thioether (sulfide) groups is 1. The molecular weight excluding hydrogens is 388 g/mol. The molecule has 9 heteroatoms. The maximum absolute atomic E-state index is 12.5. The van der Waals surface area contributed by atoms with Crippen molar-refractivity contribution in [2.75, 3.05) is 18.2 Å². The van der Waals surface area contributed by atoms with E-state index in [0.29, 0.717) is 16.0 Å². The Labute approximate surface area is 164 Å². The molecule has 2 heterocycles. The van der Waals surface area contributed by atoms with Crippen molar-refractivity contribution >= 4 is 41.1 Å². The van der Waals surface area contributed by atoms with Crippen molar-refractivity contribution in [3.05, 3.63) is 65.6 Å². The molecule has 0 fully saturated rings. The Balaban J connectivity index is 1.69. The highest BCUT2D eigenvalue weighted by Gasteiger charge is 2.20. The number of benzene rings is 1. The second-order valence-electron chi connectivity index (χ2n) is 5.29. The van der Waals surface area contributed by atoms with Crippen LogP contribution in [0.3, 0.4) is 0 Å². The van der Waals surface area contributed by atoms with Crippen LogP contribution in [0.15, 0.2) is 60.0 Å². The molecule has 0 radical (unpaired) electrons. The van der Waals surface area contributed by atoms with E-state index in [1.54, 1.807) is 16.7 Å². The van der Waals surface area contributed by atoms with Crippen molar-refractivity contribution in [2.45, 2.75) is 5.16 Å². The summed E-state index contributed by atoms with van der Waals surface area (Å²) >= 11 is 7.15. The summed E-state index contributed by atoms with van der Waals surface area (Å²) in [6.45, 7) is -0.447. The smallest absolute Gasteiger partial charge is 0.357 e. The number of aromatic nitrogens is 3. The summed E-state index contributed by atoms with van der Waals surface area (Å²) in [7, 11) is 0. The Morgan fingerprint density at radius 1 is 1.15 bits per heavy atom. The Bertz CT molecular complexity index is 945. The van der Waals surface area contributed by atoms with E-state index >= 15 is 0 Å². The van der Waals surface area contributed by atoms with Crippen LogP contribution in [-0.2, 0) is 9.53 Å². The van der Waals surface area contributed by atoms with Crippen LogP contribution in [-0.4, -0.2) is 39.3 Å². The number of carbonyl (C=O) groups is 2. The highest BCUT2D eigenvalue weighted by Crippen LogP contribution is 2.22. The molecule has 27 heavy (non-hydrogen) atoms. The lowest BCUT2D eigenvalue weighted by Gasteiger charge is -2.10. The molecule has 0 aliphatic heterocycles. The second kappa shape index (κ2) is 8.70. The maximum atomic E-state index is 12.5.